The second kappa shape index (κ2) is 8.16. The lowest BCUT2D eigenvalue weighted by molar-refractivity contribution is -0.109. The lowest BCUT2D eigenvalue weighted by atomic mass is 10.0. The molecular formula is C17H22OS3. The highest BCUT2D eigenvalue weighted by molar-refractivity contribution is 8.00. The average molecular weight is 339 g/mol. The molecule has 114 valence electrons. The highest BCUT2D eigenvalue weighted by Gasteiger charge is 2.20. The van der Waals surface area contributed by atoms with Gasteiger partial charge in [0.25, 0.3) is 0 Å². The van der Waals surface area contributed by atoms with E-state index in [1.54, 1.807) is 23.1 Å². The van der Waals surface area contributed by atoms with E-state index in [1.165, 1.54) is 27.5 Å². The molecule has 0 spiro atoms. The van der Waals surface area contributed by atoms with Gasteiger partial charge in [0, 0.05) is 14.6 Å². The van der Waals surface area contributed by atoms with Gasteiger partial charge in [0.15, 0.2) is 0 Å². The molecule has 0 fully saturated rings. The molecule has 1 nitrogen and oxygen atoms in total. The summed E-state index contributed by atoms with van der Waals surface area (Å²) >= 11 is 5.38. The van der Waals surface area contributed by atoms with Crippen LogP contribution in [-0.2, 0) is 11.2 Å². The molecule has 0 saturated heterocycles. The Balaban J connectivity index is 1.71. The molecule has 1 unspecified atom stereocenters. The van der Waals surface area contributed by atoms with Crippen LogP contribution in [0.25, 0.3) is 9.75 Å². The van der Waals surface area contributed by atoms with Gasteiger partial charge in [-0.3, -0.25) is 0 Å². The molecule has 1 atom stereocenters. The Morgan fingerprint density at radius 3 is 2.71 bits per heavy atom. The molecule has 0 bridgehead atoms. The van der Waals surface area contributed by atoms with Crippen molar-refractivity contribution in [2.75, 3.05) is 6.26 Å². The summed E-state index contributed by atoms with van der Waals surface area (Å²) < 4.78 is -0.185. The number of thiophene rings is 2. The fourth-order valence-electron chi connectivity index (χ4n) is 2.22. The first-order valence-corrected chi connectivity index (χ1v) is 10.2. The predicted octanol–water partition coefficient (Wildman–Crippen LogP) is 5.90. The van der Waals surface area contributed by atoms with Crippen LogP contribution in [0, 0.1) is 0 Å². The van der Waals surface area contributed by atoms with E-state index in [1.807, 2.05) is 24.5 Å². The maximum Gasteiger partial charge on any atom is 0.135 e. The largest absolute Gasteiger partial charge is 0.302 e. The van der Waals surface area contributed by atoms with Crippen LogP contribution in [-0.4, -0.2) is 17.3 Å². The molecule has 0 N–H and O–H groups in total. The first-order valence-electron chi connectivity index (χ1n) is 7.31. The molecule has 4 heteroatoms. The molecule has 0 aliphatic carbocycles. The van der Waals surface area contributed by atoms with Crippen LogP contribution in [0.5, 0.6) is 0 Å². The Kier molecular flexibility index (Phi) is 6.52. The van der Waals surface area contributed by atoms with Gasteiger partial charge in [-0.15, -0.1) is 22.7 Å². The van der Waals surface area contributed by atoms with E-state index in [0.717, 1.165) is 25.5 Å². The number of carbonyl (C=O) groups excluding carboxylic acids is 1. The Hall–Kier alpha value is -0.580. The maximum atomic E-state index is 11.0. The molecule has 2 aromatic heterocycles. The minimum atomic E-state index is -0.185. The van der Waals surface area contributed by atoms with Gasteiger partial charge in [-0.25, -0.2) is 0 Å². The number of unbranched alkanes of at least 4 members (excludes halogenated alkanes) is 2. The highest BCUT2D eigenvalue weighted by Crippen LogP contribution is 2.32. The summed E-state index contributed by atoms with van der Waals surface area (Å²) in [7, 11) is 0. The molecular weight excluding hydrogens is 316 g/mol. The van der Waals surface area contributed by atoms with Crippen molar-refractivity contribution < 1.29 is 4.79 Å². The van der Waals surface area contributed by atoms with Gasteiger partial charge < -0.3 is 4.79 Å². The van der Waals surface area contributed by atoms with Crippen LogP contribution in [0.2, 0.25) is 0 Å². The molecule has 0 aliphatic heterocycles. The van der Waals surface area contributed by atoms with Gasteiger partial charge in [-0.1, -0.05) is 18.9 Å². The van der Waals surface area contributed by atoms with Gasteiger partial charge in [0.1, 0.15) is 6.29 Å². The highest BCUT2D eigenvalue weighted by atomic mass is 32.2. The van der Waals surface area contributed by atoms with Crippen molar-refractivity contribution in [1.29, 1.82) is 0 Å². The van der Waals surface area contributed by atoms with Crippen molar-refractivity contribution in [3.63, 3.8) is 0 Å². The maximum absolute atomic E-state index is 11.0. The zero-order valence-corrected chi connectivity index (χ0v) is 15.1. The number of hydrogen-bond donors (Lipinski definition) is 0. The van der Waals surface area contributed by atoms with Crippen molar-refractivity contribution >= 4 is 40.7 Å². The molecule has 0 aromatic carbocycles. The number of carbonyl (C=O) groups is 1. The fraction of sp³-hybridized carbons (Fsp3) is 0.471. The Labute approximate surface area is 139 Å². The van der Waals surface area contributed by atoms with Gasteiger partial charge in [0.05, 0.1) is 4.75 Å². The van der Waals surface area contributed by atoms with Crippen LogP contribution in [0.4, 0.5) is 0 Å². The molecule has 0 radical (unpaired) electrons. The third-order valence-electron chi connectivity index (χ3n) is 3.74. The second-order valence-electron chi connectivity index (χ2n) is 5.44. The van der Waals surface area contributed by atoms with E-state index in [2.05, 4.69) is 29.6 Å². The van der Waals surface area contributed by atoms with Crippen molar-refractivity contribution in [2.45, 2.75) is 43.8 Å². The number of thioether (sulfide) groups is 1. The predicted molar refractivity (Wildman–Crippen MR) is 97.8 cm³/mol. The number of aldehydes is 1. The van der Waals surface area contributed by atoms with Gasteiger partial charge in [-0.2, -0.15) is 11.8 Å². The van der Waals surface area contributed by atoms with Gasteiger partial charge >= 0.3 is 0 Å². The van der Waals surface area contributed by atoms with E-state index in [0.29, 0.717) is 0 Å². The van der Waals surface area contributed by atoms with Crippen molar-refractivity contribution in [1.82, 2.24) is 0 Å². The van der Waals surface area contributed by atoms with E-state index in [-0.39, 0.29) is 4.75 Å². The van der Waals surface area contributed by atoms with Crippen molar-refractivity contribution in [2.24, 2.45) is 0 Å². The van der Waals surface area contributed by atoms with E-state index < -0.39 is 0 Å². The summed E-state index contributed by atoms with van der Waals surface area (Å²) in [5.41, 5.74) is 0. The number of aryl methyl sites for hydroxylation is 1. The standard InChI is InChI=1S/C17H22OS3/c1-17(13-18,19-2)11-5-3-4-7-14-9-10-16(21-14)15-8-6-12-20-15/h6,8-10,12-13H,3-5,7,11H2,1-2H3. The summed E-state index contributed by atoms with van der Waals surface area (Å²) in [4.78, 5) is 15.3. The molecule has 21 heavy (non-hydrogen) atoms. The molecule has 0 aliphatic rings. The van der Waals surface area contributed by atoms with Crippen LogP contribution >= 0.6 is 34.4 Å². The second-order valence-corrected chi connectivity index (χ2v) is 8.90. The molecule has 0 amide bonds. The number of rotatable bonds is 9. The van der Waals surface area contributed by atoms with Crippen LogP contribution in [0.3, 0.4) is 0 Å². The normalized spacial score (nSPS) is 14.0. The smallest absolute Gasteiger partial charge is 0.135 e. The molecule has 2 aromatic rings. The fourth-order valence-corrected chi connectivity index (χ4v) is 4.55. The summed E-state index contributed by atoms with van der Waals surface area (Å²) in [6.45, 7) is 2.04. The van der Waals surface area contributed by atoms with E-state index >= 15 is 0 Å². The topological polar surface area (TPSA) is 17.1 Å². The summed E-state index contributed by atoms with van der Waals surface area (Å²) in [6.07, 6.45) is 8.83. The zero-order valence-electron chi connectivity index (χ0n) is 12.6. The third kappa shape index (κ3) is 4.97. The summed E-state index contributed by atoms with van der Waals surface area (Å²) in [5.74, 6) is 0. The van der Waals surface area contributed by atoms with Gasteiger partial charge in [0.2, 0.25) is 0 Å². The molecule has 0 saturated carbocycles. The number of hydrogen-bond acceptors (Lipinski definition) is 4. The van der Waals surface area contributed by atoms with Crippen LogP contribution in [0.1, 0.15) is 37.5 Å². The summed E-state index contributed by atoms with van der Waals surface area (Å²) in [6, 6.07) is 8.79. The monoisotopic (exact) mass is 338 g/mol. The van der Waals surface area contributed by atoms with E-state index in [4.69, 9.17) is 0 Å². The minimum Gasteiger partial charge on any atom is -0.302 e. The first kappa shape index (κ1) is 16.8. The average Bonchev–Trinajstić information content (AvgIpc) is 3.17. The first-order chi connectivity index (χ1) is 10.2. The molecule has 2 heterocycles. The SMILES string of the molecule is CSC(C)(C=O)CCCCCc1ccc(-c2cccs2)s1. The van der Waals surface area contributed by atoms with E-state index in [9.17, 15) is 4.79 Å². The lowest BCUT2D eigenvalue weighted by Gasteiger charge is -2.19. The van der Waals surface area contributed by atoms with Crippen LogP contribution in [0.15, 0.2) is 29.6 Å². The lowest BCUT2D eigenvalue weighted by Crippen LogP contribution is -2.21. The van der Waals surface area contributed by atoms with Crippen molar-refractivity contribution in [3.8, 4) is 9.75 Å². The van der Waals surface area contributed by atoms with Crippen molar-refractivity contribution in [3.05, 3.63) is 34.5 Å². The quantitative estimate of drug-likeness (QED) is 0.418. The zero-order chi connectivity index (χ0) is 15.1. The Bertz CT molecular complexity index is 544. The third-order valence-corrected chi connectivity index (χ3v) is 7.18. The van der Waals surface area contributed by atoms with Crippen LogP contribution < -0.4 is 0 Å². The van der Waals surface area contributed by atoms with Gasteiger partial charge in [-0.05, 0) is 56.0 Å². The molecule has 2 rings (SSSR count). The summed E-state index contributed by atoms with van der Waals surface area (Å²) in [5, 5.41) is 2.13. The Morgan fingerprint density at radius 1 is 1.19 bits per heavy atom. The Morgan fingerprint density at radius 2 is 2.05 bits per heavy atom. The minimum absolute atomic E-state index is 0.185.